The Bertz CT molecular complexity index is 1390. The number of fused-ring (bicyclic) bond motifs is 1. The summed E-state index contributed by atoms with van der Waals surface area (Å²) in [5.74, 6) is -1.38. The van der Waals surface area contributed by atoms with Gasteiger partial charge in [-0.1, -0.05) is 18.2 Å². The van der Waals surface area contributed by atoms with E-state index >= 15 is 0 Å². The molecule has 33 heavy (non-hydrogen) atoms. The number of allylic oxidation sites excluding steroid dienone is 1. The number of benzene rings is 2. The van der Waals surface area contributed by atoms with Crippen molar-refractivity contribution in [3.63, 3.8) is 0 Å². The van der Waals surface area contributed by atoms with Crippen molar-refractivity contribution in [3.05, 3.63) is 87.0 Å². The summed E-state index contributed by atoms with van der Waals surface area (Å²) in [5, 5.41) is 23.3. The minimum atomic E-state index is -4.62. The number of carboxylic acid groups (broad SMARTS) is 1. The van der Waals surface area contributed by atoms with Crippen molar-refractivity contribution in [2.45, 2.75) is 19.1 Å². The first kappa shape index (κ1) is 21.9. The van der Waals surface area contributed by atoms with Crippen LogP contribution >= 0.6 is 0 Å². The van der Waals surface area contributed by atoms with Crippen LogP contribution in [0.4, 0.5) is 24.8 Å². The van der Waals surface area contributed by atoms with Crippen molar-refractivity contribution in [1.29, 1.82) is 5.26 Å². The van der Waals surface area contributed by atoms with E-state index in [-0.39, 0.29) is 22.9 Å². The molecular formula is C22H16F3N5O3. The van der Waals surface area contributed by atoms with Crippen molar-refractivity contribution in [2.75, 3.05) is 4.90 Å². The lowest BCUT2D eigenvalue weighted by Crippen LogP contribution is -2.38. The standard InChI is InChI=1S/C22H16F3N5O3/c1-12-17(19(31)32)18(14-8-6-13(11-26)7-9-14)30-20(27-28(2)21(30)33)29(12)16-5-3-4-15(10-16)22(23,24)25/h3-10,18H,1-2H3,(H,31,32). The molecule has 1 atom stereocenters. The Morgan fingerprint density at radius 2 is 1.85 bits per heavy atom. The van der Waals surface area contributed by atoms with Gasteiger partial charge in [0, 0.05) is 18.4 Å². The van der Waals surface area contributed by atoms with Gasteiger partial charge in [-0.25, -0.2) is 18.8 Å². The summed E-state index contributed by atoms with van der Waals surface area (Å²) in [4.78, 5) is 26.6. The van der Waals surface area contributed by atoms with Crippen LogP contribution in [0.25, 0.3) is 0 Å². The molecule has 3 aromatic rings. The number of carboxylic acids is 1. The van der Waals surface area contributed by atoms with Gasteiger partial charge in [-0.2, -0.15) is 18.4 Å². The van der Waals surface area contributed by atoms with Crippen molar-refractivity contribution in [3.8, 4) is 6.07 Å². The van der Waals surface area contributed by atoms with Gasteiger partial charge >= 0.3 is 17.8 Å². The van der Waals surface area contributed by atoms with Crippen molar-refractivity contribution < 1.29 is 23.1 Å². The smallest absolute Gasteiger partial charge is 0.416 e. The Hall–Kier alpha value is -4.33. The van der Waals surface area contributed by atoms with Crippen LogP contribution in [0, 0.1) is 11.3 Å². The summed E-state index contributed by atoms with van der Waals surface area (Å²) >= 11 is 0. The molecule has 2 heterocycles. The zero-order chi connectivity index (χ0) is 24.1. The highest BCUT2D eigenvalue weighted by molar-refractivity contribution is 5.92. The molecule has 0 spiro atoms. The highest BCUT2D eigenvalue weighted by Crippen LogP contribution is 2.42. The second-order valence-corrected chi connectivity index (χ2v) is 7.40. The Balaban J connectivity index is 2.01. The first-order valence-electron chi connectivity index (χ1n) is 9.61. The van der Waals surface area contributed by atoms with Crippen LogP contribution in [0.5, 0.6) is 0 Å². The number of alkyl halides is 3. The second-order valence-electron chi connectivity index (χ2n) is 7.40. The third kappa shape index (κ3) is 3.55. The Labute approximate surface area is 185 Å². The normalized spacial score (nSPS) is 15.9. The van der Waals surface area contributed by atoms with E-state index in [4.69, 9.17) is 5.26 Å². The number of nitriles is 1. The molecule has 168 valence electrons. The van der Waals surface area contributed by atoms with E-state index in [0.717, 1.165) is 21.4 Å². The minimum absolute atomic E-state index is 0.00574. The van der Waals surface area contributed by atoms with Gasteiger partial charge in [0.2, 0.25) is 5.95 Å². The maximum atomic E-state index is 13.3. The fraction of sp³-hybridized carbons (Fsp3) is 0.182. The van der Waals surface area contributed by atoms with E-state index in [0.29, 0.717) is 11.1 Å². The molecule has 1 unspecified atom stereocenters. The van der Waals surface area contributed by atoms with Crippen LogP contribution in [-0.2, 0) is 18.0 Å². The number of halogens is 3. The molecule has 1 N–H and O–H groups in total. The molecular weight excluding hydrogens is 439 g/mol. The first-order valence-corrected chi connectivity index (χ1v) is 9.61. The van der Waals surface area contributed by atoms with Crippen LogP contribution in [0.1, 0.15) is 29.7 Å². The maximum absolute atomic E-state index is 13.3. The molecule has 1 aromatic heterocycles. The van der Waals surface area contributed by atoms with Gasteiger partial charge in [-0.05, 0) is 42.8 Å². The molecule has 1 aliphatic rings. The lowest BCUT2D eigenvalue weighted by Gasteiger charge is -2.35. The van der Waals surface area contributed by atoms with Crippen LogP contribution in [0.2, 0.25) is 0 Å². The summed E-state index contributed by atoms with van der Waals surface area (Å²) in [6.07, 6.45) is -4.62. The molecule has 0 bridgehead atoms. The molecule has 11 heteroatoms. The molecule has 0 saturated heterocycles. The highest BCUT2D eigenvalue weighted by Gasteiger charge is 2.40. The van der Waals surface area contributed by atoms with Gasteiger partial charge < -0.3 is 5.11 Å². The predicted molar refractivity (Wildman–Crippen MR) is 111 cm³/mol. The molecule has 1 aliphatic heterocycles. The summed E-state index contributed by atoms with van der Waals surface area (Å²) in [7, 11) is 1.36. The van der Waals surface area contributed by atoms with Crippen LogP contribution < -0.4 is 10.6 Å². The molecule has 0 saturated carbocycles. The van der Waals surface area contributed by atoms with Crippen molar-refractivity contribution >= 4 is 17.6 Å². The number of hydrogen-bond acceptors (Lipinski definition) is 5. The van der Waals surface area contributed by atoms with Crippen LogP contribution in [-0.4, -0.2) is 25.4 Å². The Kier molecular flexibility index (Phi) is 5.08. The van der Waals surface area contributed by atoms with Crippen LogP contribution in [0.3, 0.4) is 0 Å². The number of aliphatic carboxylic acids is 1. The minimum Gasteiger partial charge on any atom is -0.478 e. The van der Waals surface area contributed by atoms with E-state index in [9.17, 15) is 27.9 Å². The second kappa shape index (κ2) is 7.67. The average molecular weight is 455 g/mol. The van der Waals surface area contributed by atoms with E-state index in [2.05, 4.69) is 5.10 Å². The van der Waals surface area contributed by atoms with Gasteiger partial charge in [0.15, 0.2) is 0 Å². The predicted octanol–water partition coefficient (Wildman–Crippen LogP) is 3.57. The molecule has 8 nitrogen and oxygen atoms in total. The van der Waals surface area contributed by atoms with E-state index < -0.39 is 29.4 Å². The largest absolute Gasteiger partial charge is 0.478 e. The van der Waals surface area contributed by atoms with E-state index in [1.54, 1.807) is 0 Å². The SMILES string of the molecule is CC1=C(C(=O)O)C(c2ccc(C#N)cc2)n2c(nn(C)c2=O)N1c1cccc(C(F)(F)F)c1. The molecule has 0 aliphatic carbocycles. The number of aromatic nitrogens is 3. The lowest BCUT2D eigenvalue weighted by molar-refractivity contribution is -0.137. The third-order valence-electron chi connectivity index (χ3n) is 5.41. The van der Waals surface area contributed by atoms with Gasteiger partial charge in [-0.3, -0.25) is 4.90 Å². The summed E-state index contributed by atoms with van der Waals surface area (Å²) in [6, 6.07) is 11.3. The molecule has 0 radical (unpaired) electrons. The summed E-state index contributed by atoms with van der Waals surface area (Å²) in [6.45, 7) is 1.45. The van der Waals surface area contributed by atoms with Gasteiger partial charge in [0.1, 0.15) is 6.04 Å². The molecule has 2 aromatic carbocycles. The highest BCUT2D eigenvalue weighted by atomic mass is 19.4. The third-order valence-corrected chi connectivity index (χ3v) is 5.41. The Morgan fingerprint density at radius 1 is 1.18 bits per heavy atom. The van der Waals surface area contributed by atoms with Crippen molar-refractivity contribution in [1.82, 2.24) is 14.3 Å². The molecule has 0 amide bonds. The number of rotatable bonds is 3. The van der Waals surface area contributed by atoms with E-state index in [1.165, 1.54) is 55.3 Å². The first-order chi connectivity index (χ1) is 15.5. The number of carbonyl (C=O) groups is 1. The molecule has 4 rings (SSSR count). The van der Waals surface area contributed by atoms with Gasteiger partial charge in [0.05, 0.1) is 22.8 Å². The summed E-state index contributed by atoms with van der Waals surface area (Å²) in [5.41, 5.74) is -0.922. The topological polar surface area (TPSA) is 104 Å². The lowest BCUT2D eigenvalue weighted by atomic mass is 9.94. The number of anilines is 2. The monoisotopic (exact) mass is 455 g/mol. The average Bonchev–Trinajstić information content (AvgIpc) is 3.06. The fourth-order valence-corrected chi connectivity index (χ4v) is 3.90. The van der Waals surface area contributed by atoms with Gasteiger partial charge in [0.25, 0.3) is 0 Å². The van der Waals surface area contributed by atoms with Crippen LogP contribution in [0.15, 0.2) is 64.6 Å². The van der Waals surface area contributed by atoms with Crippen molar-refractivity contribution in [2.24, 2.45) is 7.05 Å². The quantitative estimate of drug-likeness (QED) is 0.648. The zero-order valence-corrected chi connectivity index (χ0v) is 17.3. The fourth-order valence-electron chi connectivity index (χ4n) is 3.90. The summed E-state index contributed by atoms with van der Waals surface area (Å²) < 4.78 is 42.1. The number of nitrogens with zero attached hydrogens (tertiary/aromatic N) is 5. The van der Waals surface area contributed by atoms with Gasteiger partial charge in [-0.15, -0.1) is 5.10 Å². The molecule has 0 fully saturated rings. The van der Waals surface area contributed by atoms with E-state index in [1.807, 2.05) is 6.07 Å². The number of aryl methyl sites for hydroxylation is 1. The number of hydrogen-bond donors (Lipinski definition) is 1. The zero-order valence-electron chi connectivity index (χ0n) is 17.3. The Morgan fingerprint density at radius 3 is 2.42 bits per heavy atom. The maximum Gasteiger partial charge on any atom is 0.416 e.